The van der Waals surface area contributed by atoms with Gasteiger partial charge < -0.3 is 0 Å². The van der Waals surface area contributed by atoms with Crippen molar-refractivity contribution < 1.29 is 9.59 Å². The van der Waals surface area contributed by atoms with Crippen LogP contribution < -0.4 is 10.9 Å². The Hall–Kier alpha value is -2.75. The molecule has 0 aliphatic rings. The van der Waals surface area contributed by atoms with E-state index in [-0.39, 0.29) is 17.6 Å². The van der Waals surface area contributed by atoms with E-state index in [2.05, 4.69) is 20.8 Å². The normalized spacial score (nSPS) is 10.7. The van der Waals surface area contributed by atoms with E-state index < -0.39 is 0 Å². The van der Waals surface area contributed by atoms with Crippen molar-refractivity contribution in [2.75, 3.05) is 5.75 Å². The van der Waals surface area contributed by atoms with Crippen LogP contribution in [0.1, 0.15) is 9.67 Å². The molecule has 0 fully saturated rings. The number of carbonyl (C=O) groups excluding carboxylic acids is 2. The van der Waals surface area contributed by atoms with Gasteiger partial charge in [-0.05, 0) is 29.0 Å². The first-order valence-corrected chi connectivity index (χ1v) is 11.0. The number of amides is 2. The predicted molar refractivity (Wildman–Crippen MR) is 114 cm³/mol. The Kier molecular flexibility index (Phi) is 5.65. The van der Waals surface area contributed by atoms with Crippen LogP contribution in [0.4, 0.5) is 0 Å². The third kappa shape index (κ3) is 4.22. The lowest BCUT2D eigenvalue weighted by Gasteiger charge is -2.09. The van der Waals surface area contributed by atoms with Crippen molar-refractivity contribution >= 4 is 57.2 Å². The number of hydrogen-bond donors (Lipinski definition) is 2. The number of nitrogens with one attached hydrogen (secondary N) is 2. The summed E-state index contributed by atoms with van der Waals surface area (Å²) in [5.41, 5.74) is 5.69. The largest absolute Gasteiger partial charge is 0.279 e. The minimum atomic E-state index is -0.333. The van der Waals surface area contributed by atoms with Gasteiger partial charge in [0.1, 0.15) is 5.03 Å². The molecular weight excluding hydrogens is 412 g/mol. The van der Waals surface area contributed by atoms with Gasteiger partial charge in [0.2, 0.25) is 5.91 Å². The van der Waals surface area contributed by atoms with E-state index in [1.807, 2.05) is 41.8 Å². The number of nitrogens with zero attached hydrogens (tertiary/aromatic N) is 2. The molecule has 4 aromatic rings. The third-order valence-corrected chi connectivity index (χ3v) is 6.44. The van der Waals surface area contributed by atoms with E-state index in [9.17, 15) is 9.59 Å². The summed E-state index contributed by atoms with van der Waals surface area (Å²) < 4.78 is 0. The van der Waals surface area contributed by atoms with E-state index in [0.29, 0.717) is 10.7 Å². The number of benzene rings is 1. The maximum Gasteiger partial charge on any atom is 0.279 e. The fourth-order valence-corrected chi connectivity index (χ4v) is 4.53. The first-order chi connectivity index (χ1) is 13.7. The summed E-state index contributed by atoms with van der Waals surface area (Å²) >= 11 is 4.19. The Morgan fingerprint density at radius 1 is 0.929 bits per heavy atom. The van der Waals surface area contributed by atoms with Gasteiger partial charge in [-0.2, -0.15) is 0 Å². The zero-order valence-electron chi connectivity index (χ0n) is 14.4. The number of thiophene rings is 2. The Labute approximate surface area is 173 Å². The highest BCUT2D eigenvalue weighted by Crippen LogP contribution is 2.29. The van der Waals surface area contributed by atoms with Crippen LogP contribution in [-0.2, 0) is 4.79 Å². The van der Waals surface area contributed by atoms with Gasteiger partial charge in [-0.3, -0.25) is 20.4 Å². The van der Waals surface area contributed by atoms with Gasteiger partial charge in [0, 0.05) is 5.39 Å². The molecule has 0 atom stereocenters. The second kappa shape index (κ2) is 8.51. The molecule has 3 aromatic heterocycles. The molecular formula is C19H14N4O2S3. The minimum absolute atomic E-state index is 0.121. The molecule has 0 spiro atoms. The number of rotatable bonds is 5. The smallest absolute Gasteiger partial charge is 0.272 e. The van der Waals surface area contributed by atoms with Gasteiger partial charge in [-0.1, -0.05) is 42.1 Å². The van der Waals surface area contributed by atoms with E-state index in [0.717, 1.165) is 20.8 Å². The van der Waals surface area contributed by atoms with E-state index >= 15 is 0 Å². The number of hydrogen-bond acceptors (Lipinski definition) is 7. The summed E-state index contributed by atoms with van der Waals surface area (Å²) in [7, 11) is 0. The van der Waals surface area contributed by atoms with Gasteiger partial charge in [-0.15, -0.1) is 22.7 Å². The van der Waals surface area contributed by atoms with Crippen LogP contribution in [0.3, 0.4) is 0 Å². The van der Waals surface area contributed by atoms with Crippen LogP contribution in [0.25, 0.3) is 21.6 Å². The highest BCUT2D eigenvalue weighted by Gasteiger charge is 2.13. The van der Waals surface area contributed by atoms with Gasteiger partial charge in [0.05, 0.1) is 21.0 Å². The number of fused-ring (bicyclic) bond motifs is 1. The van der Waals surface area contributed by atoms with E-state index in [1.54, 1.807) is 28.8 Å². The molecule has 6 nitrogen and oxygen atoms in total. The quantitative estimate of drug-likeness (QED) is 0.287. The van der Waals surface area contributed by atoms with Gasteiger partial charge in [0.15, 0.2) is 5.82 Å². The first-order valence-electron chi connectivity index (χ1n) is 8.27. The SMILES string of the molecule is O=C(CSc1nc(-c2cccs2)nc2ccccc12)NNC(=O)c1cccs1. The van der Waals surface area contributed by atoms with Crippen LogP contribution in [0.2, 0.25) is 0 Å². The molecule has 4 rings (SSSR count). The van der Waals surface area contributed by atoms with Crippen LogP contribution in [-0.4, -0.2) is 27.5 Å². The van der Waals surface area contributed by atoms with Crippen molar-refractivity contribution in [1.29, 1.82) is 0 Å². The topological polar surface area (TPSA) is 84.0 Å². The fourth-order valence-electron chi connectivity index (χ4n) is 2.44. The number of aromatic nitrogens is 2. The van der Waals surface area contributed by atoms with Crippen molar-refractivity contribution in [2.45, 2.75) is 5.03 Å². The first kappa shape index (κ1) is 18.6. The van der Waals surface area contributed by atoms with Gasteiger partial charge in [0.25, 0.3) is 5.91 Å². The molecule has 9 heteroatoms. The van der Waals surface area contributed by atoms with Crippen LogP contribution >= 0.6 is 34.4 Å². The lowest BCUT2D eigenvalue weighted by Crippen LogP contribution is -2.42. The molecule has 0 aliphatic heterocycles. The van der Waals surface area contributed by atoms with Crippen molar-refractivity contribution in [3.63, 3.8) is 0 Å². The van der Waals surface area contributed by atoms with Crippen LogP contribution in [0.15, 0.2) is 64.3 Å². The van der Waals surface area contributed by atoms with Gasteiger partial charge in [-0.25, -0.2) is 9.97 Å². The second-order valence-corrected chi connectivity index (χ2v) is 8.47. The van der Waals surface area contributed by atoms with Crippen LogP contribution in [0, 0.1) is 0 Å². The maximum absolute atomic E-state index is 12.2. The zero-order chi connectivity index (χ0) is 19.3. The monoisotopic (exact) mass is 426 g/mol. The van der Waals surface area contributed by atoms with E-state index in [4.69, 9.17) is 0 Å². The lowest BCUT2D eigenvalue weighted by atomic mass is 10.2. The minimum Gasteiger partial charge on any atom is -0.272 e. The number of para-hydroxylation sites is 1. The summed E-state index contributed by atoms with van der Waals surface area (Å²) in [6.07, 6.45) is 0. The fraction of sp³-hybridized carbons (Fsp3) is 0.0526. The second-order valence-electron chi connectivity index (χ2n) is 5.62. The Morgan fingerprint density at radius 2 is 1.75 bits per heavy atom. The summed E-state index contributed by atoms with van der Waals surface area (Å²) in [5.74, 6) is 0.119. The molecule has 3 heterocycles. The molecule has 28 heavy (non-hydrogen) atoms. The van der Waals surface area contributed by atoms with Crippen LogP contribution in [0.5, 0.6) is 0 Å². The van der Waals surface area contributed by atoms with Crippen molar-refractivity contribution in [3.05, 3.63) is 64.2 Å². The number of hydrazine groups is 1. The summed E-state index contributed by atoms with van der Waals surface area (Å²) in [6.45, 7) is 0. The number of carbonyl (C=O) groups is 2. The molecule has 2 amide bonds. The summed E-state index contributed by atoms with van der Waals surface area (Å²) in [5, 5.41) is 5.40. The highest BCUT2D eigenvalue weighted by atomic mass is 32.2. The summed E-state index contributed by atoms with van der Waals surface area (Å²) in [4.78, 5) is 34.8. The Balaban J connectivity index is 1.46. The average Bonchev–Trinajstić information content (AvgIpc) is 3.44. The standard InChI is InChI=1S/C19H14N4O2S3/c24-16(22-23-18(25)15-8-4-10-27-15)11-28-19-12-5-1-2-6-13(12)20-17(21-19)14-7-3-9-26-14/h1-10H,11H2,(H,22,24)(H,23,25). The Morgan fingerprint density at radius 3 is 2.54 bits per heavy atom. The average molecular weight is 427 g/mol. The van der Waals surface area contributed by atoms with Gasteiger partial charge >= 0.3 is 0 Å². The highest BCUT2D eigenvalue weighted by molar-refractivity contribution is 8.00. The molecule has 140 valence electrons. The van der Waals surface area contributed by atoms with Crippen molar-refractivity contribution in [1.82, 2.24) is 20.8 Å². The molecule has 1 aromatic carbocycles. The lowest BCUT2D eigenvalue weighted by molar-refractivity contribution is -0.119. The molecule has 0 saturated carbocycles. The molecule has 0 radical (unpaired) electrons. The van der Waals surface area contributed by atoms with E-state index in [1.165, 1.54) is 23.1 Å². The molecule has 2 N–H and O–H groups in total. The Bertz CT molecular complexity index is 1110. The molecule has 0 unspecified atom stereocenters. The summed E-state index contributed by atoms with van der Waals surface area (Å²) in [6, 6.07) is 15.1. The molecule has 0 aliphatic carbocycles. The maximum atomic E-state index is 12.2. The predicted octanol–water partition coefficient (Wildman–Crippen LogP) is 3.97. The molecule has 0 saturated heterocycles. The molecule has 0 bridgehead atoms. The van der Waals surface area contributed by atoms with Crippen molar-refractivity contribution in [3.8, 4) is 10.7 Å². The number of thioether (sulfide) groups is 1. The van der Waals surface area contributed by atoms with Crippen molar-refractivity contribution in [2.24, 2.45) is 0 Å². The third-order valence-electron chi connectivity index (χ3n) is 3.71. The zero-order valence-corrected chi connectivity index (χ0v) is 16.9.